The molecule has 1 aromatic rings. The van der Waals surface area contributed by atoms with Crippen LogP contribution in [-0.2, 0) is 4.79 Å². The summed E-state index contributed by atoms with van der Waals surface area (Å²) >= 11 is 4.32. The highest BCUT2D eigenvalue weighted by Crippen LogP contribution is 2.09. The van der Waals surface area contributed by atoms with Gasteiger partial charge in [-0.2, -0.15) is 0 Å². The van der Waals surface area contributed by atoms with Gasteiger partial charge in [0.1, 0.15) is 5.75 Å². The first kappa shape index (κ1) is 15.4. The zero-order chi connectivity index (χ0) is 13.1. The van der Waals surface area contributed by atoms with E-state index in [9.17, 15) is 10.1 Å². The van der Waals surface area contributed by atoms with Crippen LogP contribution < -0.4 is 4.74 Å². The van der Waals surface area contributed by atoms with E-state index in [-0.39, 0.29) is 17.3 Å². The first-order valence-electron chi connectivity index (χ1n) is 5.00. The largest absolute Gasteiger partial charge is 0.486 e. The lowest BCUT2D eigenvalue weighted by Crippen LogP contribution is -2.26. The van der Waals surface area contributed by atoms with Gasteiger partial charge >= 0.3 is 0 Å². The number of nitro groups is 1. The predicted octanol–water partition coefficient (Wildman–Crippen LogP) is 2.54. The Kier molecular flexibility index (Phi) is 8.68. The van der Waals surface area contributed by atoms with Crippen LogP contribution in [0.25, 0.3) is 0 Å². The average molecular weight is 260 g/mol. The van der Waals surface area contributed by atoms with Crippen LogP contribution in [0.15, 0.2) is 30.3 Å². The van der Waals surface area contributed by atoms with Crippen LogP contribution in [-0.4, -0.2) is 23.3 Å². The molecule has 0 radical (unpaired) electrons. The average Bonchev–Trinajstić information content (AvgIpc) is 2.32. The Bertz CT molecular complexity index is 332. The Labute approximate surface area is 104 Å². The number of halogens is 1. The molecule has 6 heteroatoms. The molecule has 0 N–H and O–H groups in total. The minimum atomic E-state index is -0.616. The zero-order valence-corrected chi connectivity index (χ0v) is 10.2. The van der Waals surface area contributed by atoms with Crippen molar-refractivity contribution in [3.63, 3.8) is 0 Å². The molecule has 0 saturated heterocycles. The van der Waals surface area contributed by atoms with E-state index in [1.54, 1.807) is 19.1 Å². The van der Waals surface area contributed by atoms with Crippen molar-refractivity contribution in [1.82, 2.24) is 0 Å². The van der Waals surface area contributed by atoms with E-state index in [2.05, 4.69) is 11.6 Å². The zero-order valence-electron chi connectivity index (χ0n) is 9.41. The molecule has 0 saturated carbocycles. The van der Waals surface area contributed by atoms with E-state index in [1.807, 2.05) is 18.2 Å². The molecule has 94 valence electrons. The number of rotatable bonds is 5. The summed E-state index contributed by atoms with van der Waals surface area (Å²) in [6.45, 7) is 1.91. The van der Waals surface area contributed by atoms with E-state index in [0.29, 0.717) is 12.2 Å². The molecular formula is C11H14ClNO4. The van der Waals surface area contributed by atoms with E-state index in [1.165, 1.54) is 0 Å². The lowest BCUT2D eigenvalue weighted by atomic mass is 10.2. The number of carbonyl (C=O) groups is 1. The number of nitrogens with zero attached hydrogens (tertiary/aromatic N) is 1. The molecule has 1 aromatic carbocycles. The van der Waals surface area contributed by atoms with Crippen LogP contribution in [0.1, 0.15) is 13.3 Å². The van der Waals surface area contributed by atoms with Gasteiger partial charge in [0.25, 0.3) is 0 Å². The lowest BCUT2D eigenvalue weighted by Gasteiger charge is -2.08. The van der Waals surface area contributed by atoms with Gasteiger partial charge < -0.3 is 4.74 Å². The number of ether oxygens (including phenoxy) is 1. The van der Waals surface area contributed by atoms with Gasteiger partial charge in [0.15, 0.2) is 6.61 Å². The molecule has 0 fully saturated rings. The normalized spacial score (nSPS) is 10.7. The van der Waals surface area contributed by atoms with E-state index in [4.69, 9.17) is 9.53 Å². The van der Waals surface area contributed by atoms with Crippen LogP contribution in [0.3, 0.4) is 0 Å². The Morgan fingerprint density at radius 2 is 2.00 bits per heavy atom. The van der Waals surface area contributed by atoms with Crippen molar-refractivity contribution in [2.24, 2.45) is 0 Å². The van der Waals surface area contributed by atoms with Gasteiger partial charge in [0, 0.05) is 11.3 Å². The highest BCUT2D eigenvalue weighted by Gasteiger charge is 2.17. The number of para-hydroxylation sites is 1. The van der Waals surface area contributed by atoms with Gasteiger partial charge in [-0.05, 0) is 23.7 Å². The van der Waals surface area contributed by atoms with Gasteiger partial charge in [-0.15, -0.1) is 0 Å². The summed E-state index contributed by atoms with van der Waals surface area (Å²) in [7, 11) is 0. The molecule has 0 aliphatic heterocycles. The predicted molar refractivity (Wildman–Crippen MR) is 65.6 cm³/mol. The molecule has 0 bridgehead atoms. The van der Waals surface area contributed by atoms with Crippen LogP contribution in [0.2, 0.25) is 0 Å². The first-order chi connectivity index (χ1) is 8.15. The van der Waals surface area contributed by atoms with Crippen molar-refractivity contribution in [1.29, 1.82) is 0 Å². The Balaban J connectivity index is 0.000000770. The SMILES string of the molecule is CCC(COc1ccccc1)[N+](=O)[O-].O=CCl. The highest BCUT2D eigenvalue weighted by atomic mass is 35.5. The van der Waals surface area contributed by atoms with E-state index in [0.717, 1.165) is 0 Å². The Morgan fingerprint density at radius 3 is 2.41 bits per heavy atom. The van der Waals surface area contributed by atoms with Gasteiger partial charge in [-0.1, -0.05) is 25.1 Å². The van der Waals surface area contributed by atoms with Crippen LogP contribution in [0.5, 0.6) is 5.75 Å². The molecule has 0 heterocycles. The summed E-state index contributed by atoms with van der Waals surface area (Å²) in [6.07, 6.45) is 0.486. The topological polar surface area (TPSA) is 69.4 Å². The Hall–Kier alpha value is -1.62. The monoisotopic (exact) mass is 259 g/mol. The van der Waals surface area contributed by atoms with Crippen LogP contribution in [0, 0.1) is 10.1 Å². The fourth-order valence-electron chi connectivity index (χ4n) is 1.04. The summed E-state index contributed by atoms with van der Waals surface area (Å²) in [5.41, 5.74) is 0. The van der Waals surface area contributed by atoms with Crippen LogP contribution >= 0.6 is 11.6 Å². The molecule has 1 unspecified atom stereocenters. The number of benzene rings is 1. The van der Waals surface area contributed by atoms with Crippen molar-refractivity contribution in [3.8, 4) is 5.75 Å². The molecule has 0 spiro atoms. The fraction of sp³-hybridized carbons (Fsp3) is 0.364. The second kappa shape index (κ2) is 9.59. The van der Waals surface area contributed by atoms with Crippen molar-refractivity contribution in [3.05, 3.63) is 40.4 Å². The van der Waals surface area contributed by atoms with Crippen molar-refractivity contribution in [2.75, 3.05) is 6.61 Å². The summed E-state index contributed by atoms with van der Waals surface area (Å²) < 4.78 is 5.28. The smallest absolute Gasteiger partial charge is 0.246 e. The number of carbonyl (C=O) groups excluding carboxylic acids is 1. The molecule has 1 atom stereocenters. The minimum Gasteiger partial charge on any atom is -0.486 e. The van der Waals surface area contributed by atoms with E-state index >= 15 is 0 Å². The summed E-state index contributed by atoms with van der Waals surface area (Å²) in [6, 6.07) is 8.50. The minimum absolute atomic E-state index is 0.132. The van der Waals surface area contributed by atoms with Gasteiger partial charge in [-0.25, -0.2) is 0 Å². The van der Waals surface area contributed by atoms with Crippen molar-refractivity contribution >= 4 is 17.3 Å². The highest BCUT2D eigenvalue weighted by molar-refractivity contribution is 6.54. The molecule has 0 amide bonds. The second-order valence-electron chi connectivity index (χ2n) is 3.06. The molecule has 0 aromatic heterocycles. The second-order valence-corrected chi connectivity index (χ2v) is 3.24. The standard InChI is InChI=1S/C10H13NO3.CHClO/c1-2-9(11(12)13)8-14-10-6-4-3-5-7-10;2-1-3/h3-7,9H,2,8H2,1H3;1H. The maximum Gasteiger partial charge on any atom is 0.246 e. The van der Waals surface area contributed by atoms with Gasteiger partial charge in [-0.3, -0.25) is 14.9 Å². The summed E-state index contributed by atoms with van der Waals surface area (Å²) in [4.78, 5) is 18.7. The molecule has 17 heavy (non-hydrogen) atoms. The van der Waals surface area contributed by atoms with Gasteiger partial charge in [0.05, 0.1) is 0 Å². The van der Waals surface area contributed by atoms with Gasteiger partial charge in [0.2, 0.25) is 11.8 Å². The Morgan fingerprint density at radius 1 is 1.47 bits per heavy atom. The lowest BCUT2D eigenvalue weighted by molar-refractivity contribution is -0.524. The third-order valence-corrected chi connectivity index (χ3v) is 1.95. The van der Waals surface area contributed by atoms with Crippen molar-refractivity contribution in [2.45, 2.75) is 19.4 Å². The summed E-state index contributed by atoms with van der Waals surface area (Å²) in [5, 5.41) is 10.5. The molecule has 1 rings (SSSR count). The maximum absolute atomic E-state index is 10.5. The third kappa shape index (κ3) is 7.30. The first-order valence-corrected chi connectivity index (χ1v) is 5.44. The molecular weight excluding hydrogens is 246 g/mol. The molecule has 5 nitrogen and oxygen atoms in total. The molecule has 0 aliphatic carbocycles. The van der Waals surface area contributed by atoms with Crippen LogP contribution in [0.4, 0.5) is 0 Å². The molecule has 0 aliphatic rings. The maximum atomic E-state index is 10.5. The fourth-order valence-corrected chi connectivity index (χ4v) is 1.04. The quantitative estimate of drug-likeness (QED) is 0.353. The number of hydrogen-bond acceptors (Lipinski definition) is 4. The van der Waals surface area contributed by atoms with Crippen molar-refractivity contribution < 1.29 is 14.5 Å². The summed E-state index contributed by atoms with van der Waals surface area (Å²) in [5.74, 6) is 0.896. The third-order valence-electron chi connectivity index (χ3n) is 1.95. The van der Waals surface area contributed by atoms with E-state index < -0.39 is 6.04 Å². The number of hydrogen-bond donors (Lipinski definition) is 0.